The molecule has 76 valence electrons. The Bertz CT molecular complexity index is 345. The molecule has 0 N–H and O–H groups in total. The molecule has 0 unspecified atom stereocenters. The van der Waals surface area contributed by atoms with Crippen molar-refractivity contribution in [2.24, 2.45) is 4.99 Å². The summed E-state index contributed by atoms with van der Waals surface area (Å²) in [5.74, 6) is 1.40. The molecule has 0 saturated carbocycles. The van der Waals surface area contributed by atoms with Crippen molar-refractivity contribution in [2.45, 2.75) is 27.2 Å². The Morgan fingerprint density at radius 3 is 2.79 bits per heavy atom. The fourth-order valence-corrected chi connectivity index (χ4v) is 1.03. The Hall–Kier alpha value is -1.38. The molecule has 0 radical (unpaired) electrons. The fraction of sp³-hybridized carbons (Fsp3) is 0.455. The number of nitrogens with zero attached hydrogens (tertiary/aromatic N) is 2. The van der Waals surface area contributed by atoms with E-state index in [2.05, 4.69) is 16.9 Å². The SMILES string of the molecule is CCC(C)=Nc1nc(C)ccc1OC. The fourth-order valence-electron chi connectivity index (χ4n) is 1.03. The summed E-state index contributed by atoms with van der Waals surface area (Å²) < 4.78 is 5.18. The van der Waals surface area contributed by atoms with Gasteiger partial charge in [0, 0.05) is 11.4 Å². The molecule has 1 rings (SSSR count). The molecule has 0 fully saturated rings. The van der Waals surface area contributed by atoms with Crippen LogP contribution in [0.4, 0.5) is 5.82 Å². The van der Waals surface area contributed by atoms with Crippen molar-refractivity contribution >= 4 is 11.5 Å². The van der Waals surface area contributed by atoms with Gasteiger partial charge in [-0.1, -0.05) is 6.92 Å². The van der Waals surface area contributed by atoms with E-state index in [9.17, 15) is 0 Å². The Morgan fingerprint density at radius 2 is 2.21 bits per heavy atom. The van der Waals surface area contributed by atoms with Crippen molar-refractivity contribution in [2.75, 3.05) is 7.11 Å². The van der Waals surface area contributed by atoms with Gasteiger partial charge in [-0.15, -0.1) is 0 Å². The molecule has 0 aliphatic carbocycles. The minimum atomic E-state index is 0.673. The molecule has 3 heteroatoms. The van der Waals surface area contributed by atoms with Crippen molar-refractivity contribution in [3.05, 3.63) is 17.8 Å². The minimum absolute atomic E-state index is 0.673. The Labute approximate surface area is 84.8 Å². The first-order valence-electron chi connectivity index (χ1n) is 4.73. The zero-order valence-corrected chi connectivity index (χ0v) is 9.16. The van der Waals surface area contributed by atoms with E-state index in [-0.39, 0.29) is 0 Å². The van der Waals surface area contributed by atoms with Crippen LogP contribution in [0.2, 0.25) is 0 Å². The molecule has 1 aromatic heterocycles. The molecule has 0 aromatic carbocycles. The highest BCUT2D eigenvalue weighted by Gasteiger charge is 2.03. The molecule has 1 aromatic rings. The van der Waals surface area contributed by atoms with Crippen LogP contribution in [0.5, 0.6) is 5.75 Å². The van der Waals surface area contributed by atoms with Crippen LogP contribution in [0.3, 0.4) is 0 Å². The van der Waals surface area contributed by atoms with Crippen molar-refractivity contribution in [3.63, 3.8) is 0 Å². The number of aliphatic imine (C=N–C) groups is 1. The minimum Gasteiger partial charge on any atom is -0.493 e. The molecule has 0 spiro atoms. The summed E-state index contributed by atoms with van der Waals surface area (Å²) in [6.45, 7) is 6.00. The Balaban J connectivity index is 3.11. The molecule has 3 nitrogen and oxygen atoms in total. The van der Waals surface area contributed by atoms with Gasteiger partial charge in [0.1, 0.15) is 0 Å². The van der Waals surface area contributed by atoms with Crippen LogP contribution in [-0.2, 0) is 0 Å². The van der Waals surface area contributed by atoms with Gasteiger partial charge >= 0.3 is 0 Å². The van der Waals surface area contributed by atoms with Crippen LogP contribution in [0.25, 0.3) is 0 Å². The zero-order chi connectivity index (χ0) is 10.6. The van der Waals surface area contributed by atoms with Crippen LogP contribution in [-0.4, -0.2) is 17.8 Å². The maximum atomic E-state index is 5.18. The van der Waals surface area contributed by atoms with Gasteiger partial charge in [0.25, 0.3) is 0 Å². The molecule has 0 saturated heterocycles. The first-order valence-corrected chi connectivity index (χ1v) is 4.73. The highest BCUT2D eigenvalue weighted by Crippen LogP contribution is 2.24. The summed E-state index contributed by atoms with van der Waals surface area (Å²) >= 11 is 0. The molecule has 0 bridgehead atoms. The number of ether oxygens (including phenoxy) is 1. The summed E-state index contributed by atoms with van der Waals surface area (Å²) in [5.41, 5.74) is 2.01. The van der Waals surface area contributed by atoms with E-state index in [0.717, 1.165) is 23.6 Å². The first kappa shape index (κ1) is 10.7. The van der Waals surface area contributed by atoms with Gasteiger partial charge in [-0.05, 0) is 32.4 Å². The maximum Gasteiger partial charge on any atom is 0.195 e. The lowest BCUT2D eigenvalue weighted by molar-refractivity contribution is 0.414. The molecular weight excluding hydrogens is 176 g/mol. The van der Waals surface area contributed by atoms with Crippen LogP contribution in [0.1, 0.15) is 26.0 Å². The number of hydrogen-bond acceptors (Lipinski definition) is 3. The molecule has 0 aliphatic heterocycles. The van der Waals surface area contributed by atoms with Gasteiger partial charge in [-0.25, -0.2) is 9.98 Å². The van der Waals surface area contributed by atoms with E-state index < -0.39 is 0 Å². The van der Waals surface area contributed by atoms with E-state index in [1.807, 2.05) is 26.0 Å². The van der Waals surface area contributed by atoms with Gasteiger partial charge in [0.15, 0.2) is 11.6 Å². The summed E-state index contributed by atoms with van der Waals surface area (Å²) in [7, 11) is 1.63. The standard InChI is InChI=1S/C11H16N2O/c1-5-8(2)12-11-10(14-4)7-6-9(3)13-11/h6-7H,5H2,1-4H3. The number of rotatable bonds is 3. The largest absolute Gasteiger partial charge is 0.493 e. The second-order valence-corrected chi connectivity index (χ2v) is 3.18. The Kier molecular flexibility index (Phi) is 3.63. The van der Waals surface area contributed by atoms with Crippen molar-refractivity contribution in [1.82, 2.24) is 4.98 Å². The lowest BCUT2D eigenvalue weighted by Gasteiger charge is -2.04. The van der Waals surface area contributed by atoms with Gasteiger partial charge in [-0.3, -0.25) is 0 Å². The quantitative estimate of drug-likeness (QED) is 0.690. The van der Waals surface area contributed by atoms with Crippen LogP contribution in [0, 0.1) is 6.92 Å². The zero-order valence-electron chi connectivity index (χ0n) is 9.16. The second-order valence-electron chi connectivity index (χ2n) is 3.18. The van der Waals surface area contributed by atoms with Gasteiger partial charge in [-0.2, -0.15) is 0 Å². The van der Waals surface area contributed by atoms with E-state index in [1.165, 1.54) is 0 Å². The highest BCUT2D eigenvalue weighted by molar-refractivity contribution is 5.84. The summed E-state index contributed by atoms with van der Waals surface area (Å²) in [4.78, 5) is 8.71. The predicted octanol–water partition coefficient (Wildman–Crippen LogP) is 2.90. The molecule has 0 atom stereocenters. The van der Waals surface area contributed by atoms with Crippen LogP contribution < -0.4 is 4.74 Å². The summed E-state index contributed by atoms with van der Waals surface area (Å²) in [6, 6.07) is 3.81. The smallest absolute Gasteiger partial charge is 0.195 e. The van der Waals surface area contributed by atoms with E-state index in [4.69, 9.17) is 4.74 Å². The van der Waals surface area contributed by atoms with E-state index >= 15 is 0 Å². The third-order valence-corrected chi connectivity index (χ3v) is 2.01. The average Bonchev–Trinajstić information content (AvgIpc) is 2.18. The topological polar surface area (TPSA) is 34.5 Å². The van der Waals surface area contributed by atoms with Gasteiger partial charge in [0.05, 0.1) is 7.11 Å². The van der Waals surface area contributed by atoms with Crippen molar-refractivity contribution < 1.29 is 4.74 Å². The van der Waals surface area contributed by atoms with Crippen LogP contribution >= 0.6 is 0 Å². The van der Waals surface area contributed by atoms with Crippen LogP contribution in [0.15, 0.2) is 17.1 Å². The first-order chi connectivity index (χ1) is 6.67. The highest BCUT2D eigenvalue weighted by atomic mass is 16.5. The normalized spacial score (nSPS) is 11.6. The van der Waals surface area contributed by atoms with Crippen molar-refractivity contribution in [3.8, 4) is 5.75 Å². The molecule has 0 aliphatic rings. The maximum absolute atomic E-state index is 5.18. The van der Waals surface area contributed by atoms with Crippen molar-refractivity contribution in [1.29, 1.82) is 0 Å². The lowest BCUT2D eigenvalue weighted by Crippen LogP contribution is -1.92. The number of hydrogen-bond donors (Lipinski definition) is 0. The average molecular weight is 192 g/mol. The summed E-state index contributed by atoms with van der Waals surface area (Å²) in [6.07, 6.45) is 0.929. The molecule has 1 heterocycles. The monoisotopic (exact) mass is 192 g/mol. The van der Waals surface area contributed by atoms with E-state index in [0.29, 0.717) is 5.82 Å². The Morgan fingerprint density at radius 1 is 1.50 bits per heavy atom. The number of aromatic nitrogens is 1. The lowest BCUT2D eigenvalue weighted by atomic mass is 10.3. The third-order valence-electron chi connectivity index (χ3n) is 2.01. The van der Waals surface area contributed by atoms with E-state index in [1.54, 1.807) is 7.11 Å². The molecule has 0 amide bonds. The third kappa shape index (κ3) is 2.55. The molecule has 14 heavy (non-hydrogen) atoms. The molecular formula is C11H16N2O. The second kappa shape index (κ2) is 4.74. The number of pyridine rings is 1. The predicted molar refractivity (Wildman–Crippen MR) is 58.6 cm³/mol. The summed E-state index contributed by atoms with van der Waals surface area (Å²) in [5, 5.41) is 0. The van der Waals surface area contributed by atoms with Gasteiger partial charge < -0.3 is 4.74 Å². The number of aryl methyl sites for hydroxylation is 1. The number of methoxy groups -OCH3 is 1. The van der Waals surface area contributed by atoms with Gasteiger partial charge in [0.2, 0.25) is 0 Å².